The van der Waals surface area contributed by atoms with Gasteiger partial charge in [-0.3, -0.25) is 9.80 Å². The van der Waals surface area contributed by atoms with Gasteiger partial charge in [0.15, 0.2) is 11.5 Å². The van der Waals surface area contributed by atoms with Crippen LogP contribution in [-0.4, -0.2) is 47.9 Å². The molecule has 0 aliphatic carbocycles. The van der Waals surface area contributed by atoms with Gasteiger partial charge in [-0.2, -0.15) is 0 Å². The van der Waals surface area contributed by atoms with E-state index in [4.69, 9.17) is 21.1 Å². The van der Waals surface area contributed by atoms with Crippen LogP contribution in [-0.2, 0) is 13.1 Å². The first-order chi connectivity index (χ1) is 12.2. The van der Waals surface area contributed by atoms with E-state index in [2.05, 4.69) is 21.9 Å². The minimum atomic E-state index is 0.224. The number of rotatable bonds is 4. The number of hydrogen-bond acceptors (Lipinski definition) is 5. The summed E-state index contributed by atoms with van der Waals surface area (Å²) in [5.74, 6) is 1.61. The second kappa shape index (κ2) is 7.12. The minimum Gasteiger partial charge on any atom is -0.507 e. The van der Waals surface area contributed by atoms with Gasteiger partial charge in [0.1, 0.15) is 5.75 Å². The lowest BCUT2D eigenvalue weighted by Crippen LogP contribution is -2.45. The van der Waals surface area contributed by atoms with Crippen LogP contribution in [0.25, 0.3) is 0 Å². The number of ether oxygens (including phenoxy) is 2. The second-order valence-corrected chi connectivity index (χ2v) is 6.95. The lowest BCUT2D eigenvalue weighted by molar-refractivity contribution is 0.121. The largest absolute Gasteiger partial charge is 0.507 e. The molecule has 25 heavy (non-hydrogen) atoms. The van der Waals surface area contributed by atoms with Gasteiger partial charge in [-0.1, -0.05) is 23.7 Å². The highest BCUT2D eigenvalue weighted by Gasteiger charge is 2.21. The number of fused-ring (bicyclic) bond motifs is 1. The summed E-state index contributed by atoms with van der Waals surface area (Å²) in [6.45, 7) is 5.85. The standard InChI is InChI=1S/C19H21ClN2O3/c20-16-3-1-14(2-4-16)11-21-5-7-22(8-6-21)12-15-9-18-19(10-17(15)23)25-13-24-18/h1-4,9-10,23H,5-8,11-13H2. The first-order valence-corrected chi connectivity index (χ1v) is 8.86. The molecule has 0 radical (unpaired) electrons. The molecule has 0 atom stereocenters. The fraction of sp³-hybridized carbons (Fsp3) is 0.368. The van der Waals surface area contributed by atoms with Crippen LogP contribution in [0.1, 0.15) is 11.1 Å². The molecule has 2 heterocycles. The zero-order valence-corrected chi connectivity index (χ0v) is 14.7. The number of piperazine rings is 1. The summed E-state index contributed by atoms with van der Waals surface area (Å²) < 4.78 is 10.7. The van der Waals surface area contributed by atoms with E-state index >= 15 is 0 Å². The molecule has 2 aromatic rings. The Balaban J connectivity index is 1.32. The molecule has 0 bridgehead atoms. The van der Waals surface area contributed by atoms with E-state index in [-0.39, 0.29) is 12.5 Å². The van der Waals surface area contributed by atoms with E-state index in [1.165, 1.54) is 5.56 Å². The molecule has 0 unspecified atom stereocenters. The van der Waals surface area contributed by atoms with E-state index in [0.29, 0.717) is 11.5 Å². The third kappa shape index (κ3) is 3.84. The van der Waals surface area contributed by atoms with Gasteiger partial charge < -0.3 is 14.6 Å². The highest BCUT2D eigenvalue weighted by molar-refractivity contribution is 6.30. The van der Waals surface area contributed by atoms with Crippen molar-refractivity contribution in [3.63, 3.8) is 0 Å². The minimum absolute atomic E-state index is 0.224. The maximum absolute atomic E-state index is 10.2. The van der Waals surface area contributed by atoms with Crippen molar-refractivity contribution in [2.45, 2.75) is 13.1 Å². The summed E-state index contributed by atoms with van der Waals surface area (Å²) in [6.07, 6.45) is 0. The van der Waals surface area contributed by atoms with Gasteiger partial charge >= 0.3 is 0 Å². The Morgan fingerprint density at radius 1 is 0.880 bits per heavy atom. The van der Waals surface area contributed by atoms with Crippen LogP contribution in [0, 0.1) is 0 Å². The lowest BCUT2D eigenvalue weighted by Gasteiger charge is -2.34. The highest BCUT2D eigenvalue weighted by atomic mass is 35.5. The summed E-state index contributed by atoms with van der Waals surface area (Å²) in [7, 11) is 0. The molecule has 0 amide bonds. The van der Waals surface area contributed by atoms with Crippen molar-refractivity contribution in [3.8, 4) is 17.2 Å². The number of halogens is 1. The van der Waals surface area contributed by atoms with E-state index in [9.17, 15) is 5.11 Å². The average molecular weight is 361 g/mol. The van der Waals surface area contributed by atoms with Crippen LogP contribution in [0.4, 0.5) is 0 Å². The molecule has 132 valence electrons. The fourth-order valence-corrected chi connectivity index (χ4v) is 3.42. The maximum Gasteiger partial charge on any atom is 0.231 e. The first-order valence-electron chi connectivity index (χ1n) is 8.48. The monoisotopic (exact) mass is 360 g/mol. The Hall–Kier alpha value is -1.95. The third-order valence-electron chi connectivity index (χ3n) is 4.75. The quantitative estimate of drug-likeness (QED) is 0.907. The number of phenolic OH excluding ortho intramolecular Hbond substituents is 1. The van der Waals surface area contributed by atoms with Crippen LogP contribution in [0.3, 0.4) is 0 Å². The molecular formula is C19H21ClN2O3. The van der Waals surface area contributed by atoms with Crippen molar-refractivity contribution < 1.29 is 14.6 Å². The van der Waals surface area contributed by atoms with Crippen LogP contribution in [0.15, 0.2) is 36.4 Å². The van der Waals surface area contributed by atoms with Crippen LogP contribution < -0.4 is 9.47 Å². The Morgan fingerprint density at radius 2 is 1.48 bits per heavy atom. The van der Waals surface area contributed by atoms with E-state index in [0.717, 1.165) is 49.9 Å². The van der Waals surface area contributed by atoms with Crippen LogP contribution in [0.2, 0.25) is 5.02 Å². The molecule has 6 heteroatoms. The molecule has 1 fully saturated rings. The SMILES string of the molecule is Oc1cc2c(cc1CN1CCN(Cc3ccc(Cl)cc3)CC1)OCO2. The van der Waals surface area contributed by atoms with E-state index < -0.39 is 0 Å². The maximum atomic E-state index is 10.2. The molecule has 1 saturated heterocycles. The second-order valence-electron chi connectivity index (χ2n) is 6.51. The topological polar surface area (TPSA) is 45.2 Å². The lowest BCUT2D eigenvalue weighted by atomic mass is 10.1. The Morgan fingerprint density at radius 3 is 2.16 bits per heavy atom. The van der Waals surface area contributed by atoms with Gasteiger partial charge in [-0.05, 0) is 23.8 Å². The van der Waals surface area contributed by atoms with Crippen molar-refractivity contribution >= 4 is 11.6 Å². The van der Waals surface area contributed by atoms with Gasteiger partial charge in [0.2, 0.25) is 6.79 Å². The van der Waals surface area contributed by atoms with Crippen molar-refractivity contribution in [2.24, 2.45) is 0 Å². The summed E-state index contributed by atoms with van der Waals surface area (Å²) >= 11 is 5.94. The predicted octanol–water partition coefficient (Wildman–Crippen LogP) is 3.09. The molecule has 2 aromatic carbocycles. The summed E-state index contributed by atoms with van der Waals surface area (Å²) in [5, 5.41) is 11.0. The normalized spacial score (nSPS) is 17.8. The summed E-state index contributed by atoms with van der Waals surface area (Å²) in [5.41, 5.74) is 2.17. The van der Waals surface area contributed by atoms with Crippen molar-refractivity contribution in [1.29, 1.82) is 0 Å². The molecule has 0 aromatic heterocycles. The number of nitrogens with zero attached hydrogens (tertiary/aromatic N) is 2. The first kappa shape index (κ1) is 16.5. The van der Waals surface area contributed by atoms with Crippen LogP contribution in [0.5, 0.6) is 17.2 Å². The number of benzene rings is 2. The van der Waals surface area contributed by atoms with Crippen molar-refractivity contribution in [2.75, 3.05) is 33.0 Å². The molecule has 5 nitrogen and oxygen atoms in total. The Labute approximate surface area is 152 Å². The van der Waals surface area contributed by atoms with Crippen molar-refractivity contribution in [3.05, 3.63) is 52.5 Å². The molecule has 1 N–H and O–H groups in total. The zero-order chi connectivity index (χ0) is 17.2. The summed E-state index contributed by atoms with van der Waals surface area (Å²) in [4.78, 5) is 4.80. The van der Waals surface area contributed by atoms with E-state index in [1.54, 1.807) is 6.07 Å². The average Bonchev–Trinajstić information content (AvgIpc) is 3.06. The van der Waals surface area contributed by atoms with Gasteiger partial charge in [0.25, 0.3) is 0 Å². The molecule has 4 rings (SSSR count). The number of phenols is 1. The van der Waals surface area contributed by atoms with Gasteiger partial charge in [0.05, 0.1) is 0 Å². The van der Waals surface area contributed by atoms with Crippen molar-refractivity contribution in [1.82, 2.24) is 9.80 Å². The van der Waals surface area contributed by atoms with Gasteiger partial charge in [-0.25, -0.2) is 0 Å². The molecule has 2 aliphatic rings. The smallest absolute Gasteiger partial charge is 0.231 e. The third-order valence-corrected chi connectivity index (χ3v) is 5.00. The molecule has 2 aliphatic heterocycles. The van der Waals surface area contributed by atoms with Gasteiger partial charge in [-0.15, -0.1) is 0 Å². The number of hydrogen-bond donors (Lipinski definition) is 1. The fourth-order valence-electron chi connectivity index (χ4n) is 3.29. The molecule has 0 spiro atoms. The van der Waals surface area contributed by atoms with Gasteiger partial charge in [0, 0.05) is 55.9 Å². The highest BCUT2D eigenvalue weighted by Crippen LogP contribution is 2.38. The Bertz CT molecular complexity index is 743. The summed E-state index contributed by atoms with van der Waals surface area (Å²) in [6, 6.07) is 11.6. The van der Waals surface area contributed by atoms with E-state index in [1.807, 2.05) is 18.2 Å². The predicted molar refractivity (Wildman–Crippen MR) is 96.2 cm³/mol. The number of aromatic hydroxyl groups is 1. The van der Waals surface area contributed by atoms with Crippen LogP contribution >= 0.6 is 11.6 Å². The zero-order valence-electron chi connectivity index (χ0n) is 13.9. The molecular weight excluding hydrogens is 340 g/mol. The molecule has 0 saturated carbocycles. The Kier molecular flexibility index (Phi) is 4.70.